The minimum atomic E-state index is -0.385. The van der Waals surface area contributed by atoms with Crippen molar-refractivity contribution in [2.24, 2.45) is 0 Å². The number of nitrogens with zero attached hydrogens (tertiary/aromatic N) is 2. The monoisotopic (exact) mass is 209 g/mol. The number of hydrogen-bond donors (Lipinski definition) is 1. The smallest absolute Gasteiger partial charge is 0.160 e. The van der Waals surface area contributed by atoms with Gasteiger partial charge in [-0.3, -0.25) is 0 Å². The van der Waals surface area contributed by atoms with Gasteiger partial charge in [-0.1, -0.05) is 6.92 Å². The SMILES string of the molecule is CCC(C)(OC)c1nccc(CNC)n1. The summed E-state index contributed by atoms with van der Waals surface area (Å²) >= 11 is 0. The van der Waals surface area contributed by atoms with Crippen molar-refractivity contribution in [3.8, 4) is 0 Å². The van der Waals surface area contributed by atoms with Crippen molar-refractivity contribution in [1.29, 1.82) is 0 Å². The third kappa shape index (κ3) is 2.73. The highest BCUT2D eigenvalue weighted by Crippen LogP contribution is 2.24. The molecule has 1 aromatic heterocycles. The van der Waals surface area contributed by atoms with Crippen molar-refractivity contribution < 1.29 is 4.74 Å². The van der Waals surface area contributed by atoms with Gasteiger partial charge >= 0.3 is 0 Å². The van der Waals surface area contributed by atoms with Gasteiger partial charge in [-0.25, -0.2) is 9.97 Å². The first-order valence-corrected chi connectivity index (χ1v) is 5.18. The Bertz CT molecular complexity index is 310. The second kappa shape index (κ2) is 5.19. The number of hydrogen-bond acceptors (Lipinski definition) is 4. The van der Waals surface area contributed by atoms with Crippen molar-refractivity contribution in [3.63, 3.8) is 0 Å². The van der Waals surface area contributed by atoms with Crippen LogP contribution in [0.3, 0.4) is 0 Å². The Kier molecular flexibility index (Phi) is 4.17. The van der Waals surface area contributed by atoms with Crippen LogP contribution in [0, 0.1) is 0 Å². The van der Waals surface area contributed by atoms with E-state index in [9.17, 15) is 0 Å². The van der Waals surface area contributed by atoms with Gasteiger partial charge in [0.1, 0.15) is 5.60 Å². The molecule has 0 aliphatic rings. The average Bonchev–Trinajstić information content (AvgIpc) is 2.29. The molecule has 1 aromatic rings. The summed E-state index contributed by atoms with van der Waals surface area (Å²) in [6.07, 6.45) is 2.63. The predicted molar refractivity (Wildman–Crippen MR) is 59.4 cm³/mol. The van der Waals surface area contributed by atoms with Gasteiger partial charge in [0.05, 0.1) is 5.69 Å². The highest BCUT2D eigenvalue weighted by Gasteiger charge is 2.27. The summed E-state index contributed by atoms with van der Waals surface area (Å²) in [5.41, 5.74) is 0.600. The van der Waals surface area contributed by atoms with Crippen molar-refractivity contribution in [2.75, 3.05) is 14.2 Å². The van der Waals surface area contributed by atoms with Crippen LogP contribution in [-0.4, -0.2) is 24.1 Å². The molecule has 0 aliphatic carbocycles. The van der Waals surface area contributed by atoms with Crippen LogP contribution in [0.5, 0.6) is 0 Å². The Morgan fingerprint density at radius 3 is 2.80 bits per heavy atom. The normalized spacial score (nSPS) is 14.9. The lowest BCUT2D eigenvalue weighted by Crippen LogP contribution is -2.27. The van der Waals surface area contributed by atoms with Crippen molar-refractivity contribution in [3.05, 3.63) is 23.8 Å². The summed E-state index contributed by atoms with van der Waals surface area (Å²) in [5, 5.41) is 3.07. The largest absolute Gasteiger partial charge is 0.371 e. The number of rotatable bonds is 5. The fourth-order valence-electron chi connectivity index (χ4n) is 1.32. The molecule has 1 N–H and O–H groups in total. The minimum Gasteiger partial charge on any atom is -0.371 e. The first kappa shape index (κ1) is 12.1. The Labute approximate surface area is 91.1 Å². The van der Waals surface area contributed by atoms with Crippen LogP contribution >= 0.6 is 0 Å². The van der Waals surface area contributed by atoms with Gasteiger partial charge in [-0.05, 0) is 26.5 Å². The van der Waals surface area contributed by atoms with E-state index in [1.807, 2.05) is 20.0 Å². The molecule has 0 saturated heterocycles. The molecule has 0 saturated carbocycles. The highest BCUT2D eigenvalue weighted by molar-refractivity contribution is 5.07. The van der Waals surface area contributed by atoms with E-state index in [2.05, 4.69) is 22.2 Å². The molecule has 1 unspecified atom stereocenters. The van der Waals surface area contributed by atoms with E-state index in [1.165, 1.54) is 0 Å². The zero-order chi connectivity index (χ0) is 11.3. The lowest BCUT2D eigenvalue weighted by atomic mass is 10.0. The van der Waals surface area contributed by atoms with Crippen LogP contribution in [0.4, 0.5) is 0 Å². The fraction of sp³-hybridized carbons (Fsp3) is 0.636. The quantitative estimate of drug-likeness (QED) is 0.797. The van der Waals surface area contributed by atoms with E-state index < -0.39 is 0 Å². The second-order valence-electron chi connectivity index (χ2n) is 3.69. The average molecular weight is 209 g/mol. The molecule has 0 bridgehead atoms. The van der Waals surface area contributed by atoms with Crippen LogP contribution in [0.2, 0.25) is 0 Å². The molecule has 84 valence electrons. The van der Waals surface area contributed by atoms with Crippen LogP contribution < -0.4 is 5.32 Å². The van der Waals surface area contributed by atoms with E-state index in [-0.39, 0.29) is 5.60 Å². The number of ether oxygens (including phenoxy) is 1. The first-order chi connectivity index (χ1) is 7.16. The third-order valence-corrected chi connectivity index (χ3v) is 2.67. The molecular formula is C11H19N3O. The van der Waals surface area contributed by atoms with E-state index >= 15 is 0 Å². The maximum absolute atomic E-state index is 5.46. The summed E-state index contributed by atoms with van der Waals surface area (Å²) in [6, 6.07) is 1.91. The van der Waals surface area contributed by atoms with Gasteiger partial charge in [0.15, 0.2) is 5.82 Å². The van der Waals surface area contributed by atoms with Gasteiger partial charge in [0, 0.05) is 19.9 Å². The number of nitrogens with one attached hydrogen (secondary N) is 1. The molecule has 1 heterocycles. The third-order valence-electron chi connectivity index (χ3n) is 2.67. The van der Waals surface area contributed by atoms with Crippen molar-refractivity contribution in [2.45, 2.75) is 32.4 Å². The molecular weight excluding hydrogens is 190 g/mol. The second-order valence-corrected chi connectivity index (χ2v) is 3.69. The maximum Gasteiger partial charge on any atom is 0.160 e. The van der Waals surface area contributed by atoms with E-state index in [4.69, 9.17) is 4.74 Å². The van der Waals surface area contributed by atoms with E-state index in [1.54, 1.807) is 13.3 Å². The molecule has 4 nitrogen and oxygen atoms in total. The van der Waals surface area contributed by atoms with Gasteiger partial charge < -0.3 is 10.1 Å². The van der Waals surface area contributed by atoms with E-state index in [0.29, 0.717) is 0 Å². The molecule has 0 radical (unpaired) electrons. The lowest BCUT2D eigenvalue weighted by molar-refractivity contribution is -0.00917. The molecule has 0 fully saturated rings. The number of aromatic nitrogens is 2. The van der Waals surface area contributed by atoms with Crippen molar-refractivity contribution in [1.82, 2.24) is 15.3 Å². The van der Waals surface area contributed by atoms with Crippen LogP contribution in [-0.2, 0) is 16.9 Å². The van der Waals surface area contributed by atoms with Crippen LogP contribution in [0.15, 0.2) is 12.3 Å². The zero-order valence-corrected chi connectivity index (χ0v) is 9.87. The Hall–Kier alpha value is -1.00. The summed E-state index contributed by atoms with van der Waals surface area (Å²) in [5.74, 6) is 0.750. The predicted octanol–water partition coefficient (Wildman–Crippen LogP) is 1.47. The highest BCUT2D eigenvalue weighted by atomic mass is 16.5. The summed E-state index contributed by atoms with van der Waals surface area (Å²) in [4.78, 5) is 8.75. The lowest BCUT2D eigenvalue weighted by Gasteiger charge is -2.24. The van der Waals surface area contributed by atoms with Crippen LogP contribution in [0.1, 0.15) is 31.8 Å². The Balaban J connectivity index is 2.98. The van der Waals surface area contributed by atoms with Crippen LogP contribution in [0.25, 0.3) is 0 Å². The van der Waals surface area contributed by atoms with Gasteiger partial charge in [-0.2, -0.15) is 0 Å². The van der Waals surface area contributed by atoms with Gasteiger partial charge in [0.2, 0.25) is 0 Å². The topological polar surface area (TPSA) is 47.0 Å². The van der Waals surface area contributed by atoms with Crippen molar-refractivity contribution >= 4 is 0 Å². The molecule has 1 rings (SSSR count). The standard InChI is InChI=1S/C11H19N3O/c1-5-11(2,15-4)10-13-7-6-9(14-10)8-12-3/h6-7,12H,5,8H2,1-4H3. The van der Waals surface area contributed by atoms with Gasteiger partial charge in [0.25, 0.3) is 0 Å². The summed E-state index contributed by atoms with van der Waals surface area (Å²) < 4.78 is 5.46. The molecule has 0 spiro atoms. The molecule has 0 aliphatic heterocycles. The number of methoxy groups -OCH3 is 1. The van der Waals surface area contributed by atoms with Gasteiger partial charge in [-0.15, -0.1) is 0 Å². The summed E-state index contributed by atoms with van der Waals surface area (Å²) in [7, 11) is 3.59. The molecule has 4 heteroatoms. The zero-order valence-electron chi connectivity index (χ0n) is 9.87. The molecule has 15 heavy (non-hydrogen) atoms. The first-order valence-electron chi connectivity index (χ1n) is 5.18. The molecule has 0 amide bonds. The minimum absolute atomic E-state index is 0.385. The Morgan fingerprint density at radius 2 is 2.27 bits per heavy atom. The summed E-state index contributed by atoms with van der Waals surface area (Å²) in [6.45, 7) is 4.82. The maximum atomic E-state index is 5.46. The fourth-order valence-corrected chi connectivity index (χ4v) is 1.32. The Morgan fingerprint density at radius 1 is 1.53 bits per heavy atom. The van der Waals surface area contributed by atoms with E-state index in [0.717, 1.165) is 24.5 Å². The molecule has 1 atom stereocenters. The molecule has 0 aromatic carbocycles.